The molecule has 4 nitrogen and oxygen atoms in total. The molecule has 0 aliphatic heterocycles. The summed E-state index contributed by atoms with van der Waals surface area (Å²) in [6.45, 7) is 0. The molecule has 4 aromatic rings. The standard InChI is InChI=1S/C20H14ClNO3/c1-24-19-10-15-14-7-2-3-8-17(14)25-18(15)11-16(19)22-20(23)12-5-4-6-13(21)9-12/h2-11H,1H3,(H,22,23). The number of furan rings is 1. The molecule has 4 rings (SSSR count). The highest BCUT2D eigenvalue weighted by Gasteiger charge is 2.15. The van der Waals surface area contributed by atoms with E-state index in [9.17, 15) is 4.79 Å². The van der Waals surface area contributed by atoms with Crippen LogP contribution in [0.25, 0.3) is 21.9 Å². The molecule has 124 valence electrons. The van der Waals surface area contributed by atoms with Gasteiger partial charge in [-0.15, -0.1) is 0 Å². The summed E-state index contributed by atoms with van der Waals surface area (Å²) in [5.41, 5.74) is 2.49. The van der Waals surface area contributed by atoms with Crippen LogP contribution in [0.2, 0.25) is 5.02 Å². The molecule has 25 heavy (non-hydrogen) atoms. The molecule has 0 saturated carbocycles. The minimum Gasteiger partial charge on any atom is -0.495 e. The Balaban J connectivity index is 1.78. The van der Waals surface area contributed by atoms with Crippen LogP contribution in [0.3, 0.4) is 0 Å². The van der Waals surface area contributed by atoms with Crippen molar-refractivity contribution < 1.29 is 13.9 Å². The lowest BCUT2D eigenvalue weighted by Gasteiger charge is -2.10. The number of amides is 1. The van der Waals surface area contributed by atoms with Crippen LogP contribution < -0.4 is 10.1 Å². The van der Waals surface area contributed by atoms with Crippen LogP contribution in [0, 0.1) is 0 Å². The van der Waals surface area contributed by atoms with E-state index in [0.29, 0.717) is 27.6 Å². The molecule has 0 saturated heterocycles. The van der Waals surface area contributed by atoms with Gasteiger partial charge in [-0.3, -0.25) is 4.79 Å². The molecule has 1 aromatic heterocycles. The fourth-order valence-corrected chi connectivity index (χ4v) is 3.03. The topological polar surface area (TPSA) is 51.5 Å². The van der Waals surface area contributed by atoms with E-state index in [1.807, 2.05) is 30.3 Å². The van der Waals surface area contributed by atoms with Crippen molar-refractivity contribution >= 4 is 45.1 Å². The summed E-state index contributed by atoms with van der Waals surface area (Å²) in [4.78, 5) is 12.5. The van der Waals surface area contributed by atoms with Crippen LogP contribution in [-0.2, 0) is 0 Å². The number of carbonyl (C=O) groups excluding carboxylic acids is 1. The van der Waals surface area contributed by atoms with Gasteiger partial charge in [0.2, 0.25) is 0 Å². The Hall–Kier alpha value is -2.98. The molecule has 1 amide bonds. The molecule has 0 aliphatic carbocycles. The number of ether oxygens (including phenoxy) is 1. The minimum atomic E-state index is -0.267. The van der Waals surface area contributed by atoms with Crippen LogP contribution in [0.4, 0.5) is 5.69 Å². The molecule has 0 unspecified atom stereocenters. The maximum Gasteiger partial charge on any atom is 0.255 e. The van der Waals surface area contributed by atoms with Gasteiger partial charge in [0.25, 0.3) is 5.91 Å². The van der Waals surface area contributed by atoms with Crippen molar-refractivity contribution in [2.24, 2.45) is 0 Å². The van der Waals surface area contributed by atoms with E-state index >= 15 is 0 Å². The van der Waals surface area contributed by atoms with Gasteiger partial charge in [0.1, 0.15) is 16.9 Å². The first-order chi connectivity index (χ1) is 12.2. The molecule has 1 heterocycles. The van der Waals surface area contributed by atoms with Crippen molar-refractivity contribution in [2.75, 3.05) is 12.4 Å². The Kier molecular flexibility index (Phi) is 3.82. The third-order valence-corrected chi connectivity index (χ3v) is 4.27. The zero-order valence-corrected chi connectivity index (χ0v) is 14.1. The quantitative estimate of drug-likeness (QED) is 0.530. The first-order valence-electron chi connectivity index (χ1n) is 7.72. The van der Waals surface area contributed by atoms with Gasteiger partial charge in [0.15, 0.2) is 0 Å². The Bertz CT molecular complexity index is 1100. The zero-order valence-electron chi connectivity index (χ0n) is 13.4. The van der Waals surface area contributed by atoms with Crippen LogP contribution in [-0.4, -0.2) is 13.0 Å². The molecule has 0 fully saturated rings. The van der Waals surface area contributed by atoms with Crippen molar-refractivity contribution in [1.29, 1.82) is 0 Å². The first kappa shape index (κ1) is 15.5. The number of hydrogen-bond donors (Lipinski definition) is 1. The lowest BCUT2D eigenvalue weighted by atomic mass is 10.1. The van der Waals surface area contributed by atoms with Crippen molar-refractivity contribution in [3.05, 3.63) is 71.2 Å². The molecule has 0 bridgehead atoms. The van der Waals surface area contributed by atoms with Gasteiger partial charge < -0.3 is 14.5 Å². The van der Waals surface area contributed by atoms with Crippen LogP contribution >= 0.6 is 11.6 Å². The molecule has 0 radical (unpaired) electrons. The summed E-state index contributed by atoms with van der Waals surface area (Å²) in [7, 11) is 1.57. The van der Waals surface area contributed by atoms with Crippen molar-refractivity contribution in [3.8, 4) is 5.75 Å². The van der Waals surface area contributed by atoms with E-state index in [1.54, 1.807) is 37.4 Å². The Labute approximate surface area is 149 Å². The Morgan fingerprint density at radius 3 is 2.64 bits per heavy atom. The SMILES string of the molecule is COc1cc2c(cc1NC(=O)c1cccc(Cl)c1)oc1ccccc12. The molecule has 0 atom stereocenters. The van der Waals surface area contributed by atoms with E-state index < -0.39 is 0 Å². The molecule has 1 N–H and O–H groups in total. The average Bonchev–Trinajstić information content (AvgIpc) is 2.98. The first-order valence-corrected chi connectivity index (χ1v) is 8.10. The van der Waals surface area contributed by atoms with Crippen LogP contribution in [0.5, 0.6) is 5.75 Å². The maximum atomic E-state index is 12.5. The number of para-hydroxylation sites is 1. The largest absolute Gasteiger partial charge is 0.495 e. The molecule has 0 aliphatic rings. The number of nitrogens with one attached hydrogen (secondary N) is 1. The van der Waals surface area contributed by atoms with Crippen LogP contribution in [0.1, 0.15) is 10.4 Å². The smallest absolute Gasteiger partial charge is 0.255 e. The number of methoxy groups -OCH3 is 1. The van der Waals surface area contributed by atoms with E-state index in [4.69, 9.17) is 20.8 Å². The highest BCUT2D eigenvalue weighted by atomic mass is 35.5. The lowest BCUT2D eigenvalue weighted by Crippen LogP contribution is -2.12. The second-order valence-corrected chi connectivity index (χ2v) is 6.05. The lowest BCUT2D eigenvalue weighted by molar-refractivity contribution is 0.102. The third kappa shape index (κ3) is 2.81. The van der Waals surface area contributed by atoms with Gasteiger partial charge in [0, 0.05) is 27.4 Å². The number of fused-ring (bicyclic) bond motifs is 3. The number of benzene rings is 3. The molecular formula is C20H14ClNO3. The molecule has 0 spiro atoms. The van der Waals surface area contributed by atoms with Crippen molar-refractivity contribution in [3.63, 3.8) is 0 Å². The fourth-order valence-electron chi connectivity index (χ4n) is 2.84. The van der Waals surface area contributed by atoms with E-state index in [0.717, 1.165) is 16.4 Å². The van der Waals surface area contributed by atoms with Gasteiger partial charge in [-0.2, -0.15) is 0 Å². The number of carbonyl (C=O) groups is 1. The predicted octanol–water partition coefficient (Wildman–Crippen LogP) is 5.50. The average molecular weight is 352 g/mol. The Morgan fingerprint density at radius 2 is 1.84 bits per heavy atom. The molecule has 3 aromatic carbocycles. The van der Waals surface area contributed by atoms with E-state index in [1.165, 1.54) is 0 Å². The van der Waals surface area contributed by atoms with Gasteiger partial charge >= 0.3 is 0 Å². The number of hydrogen-bond acceptors (Lipinski definition) is 3. The normalized spacial score (nSPS) is 11.0. The van der Waals surface area contributed by atoms with Gasteiger partial charge in [-0.05, 0) is 30.3 Å². The highest BCUT2D eigenvalue weighted by Crippen LogP contribution is 2.36. The summed E-state index contributed by atoms with van der Waals surface area (Å²) in [5, 5.41) is 5.31. The van der Waals surface area contributed by atoms with E-state index in [-0.39, 0.29) is 5.91 Å². The molecule has 5 heteroatoms. The van der Waals surface area contributed by atoms with E-state index in [2.05, 4.69) is 5.32 Å². The summed E-state index contributed by atoms with van der Waals surface area (Å²) in [6.07, 6.45) is 0. The monoisotopic (exact) mass is 351 g/mol. The summed E-state index contributed by atoms with van der Waals surface area (Å²) < 4.78 is 11.3. The maximum absolute atomic E-state index is 12.5. The molecular weight excluding hydrogens is 338 g/mol. The van der Waals surface area contributed by atoms with Gasteiger partial charge in [0.05, 0.1) is 12.8 Å². The zero-order chi connectivity index (χ0) is 17.4. The van der Waals surface area contributed by atoms with Gasteiger partial charge in [-0.1, -0.05) is 35.9 Å². The minimum absolute atomic E-state index is 0.267. The number of anilines is 1. The number of rotatable bonds is 3. The number of halogens is 1. The van der Waals surface area contributed by atoms with Crippen LogP contribution in [0.15, 0.2) is 65.1 Å². The third-order valence-electron chi connectivity index (χ3n) is 4.03. The summed E-state index contributed by atoms with van der Waals surface area (Å²) in [6, 6.07) is 18.2. The fraction of sp³-hybridized carbons (Fsp3) is 0.0500. The predicted molar refractivity (Wildman–Crippen MR) is 99.7 cm³/mol. The van der Waals surface area contributed by atoms with Crippen molar-refractivity contribution in [1.82, 2.24) is 0 Å². The Morgan fingerprint density at radius 1 is 1.00 bits per heavy atom. The highest BCUT2D eigenvalue weighted by molar-refractivity contribution is 6.31. The van der Waals surface area contributed by atoms with Crippen molar-refractivity contribution in [2.45, 2.75) is 0 Å². The summed E-state index contributed by atoms with van der Waals surface area (Å²) >= 11 is 5.95. The van der Waals surface area contributed by atoms with Gasteiger partial charge in [-0.25, -0.2) is 0 Å². The summed E-state index contributed by atoms with van der Waals surface area (Å²) in [5.74, 6) is 0.297. The second-order valence-electron chi connectivity index (χ2n) is 5.61. The second kappa shape index (κ2) is 6.15.